The number of nitrogens with zero attached hydrogens (tertiary/aromatic N) is 4. The molecule has 0 bridgehead atoms. The van der Waals surface area contributed by atoms with Crippen LogP contribution < -0.4 is 5.32 Å². The number of hydrogen-bond donors (Lipinski definition) is 1. The highest BCUT2D eigenvalue weighted by Crippen LogP contribution is 2.27. The van der Waals surface area contributed by atoms with Crippen LogP contribution in [0.15, 0.2) is 12.3 Å². The van der Waals surface area contributed by atoms with Crippen LogP contribution in [0, 0.1) is 13.8 Å². The van der Waals surface area contributed by atoms with Gasteiger partial charge in [0.05, 0.1) is 10.7 Å². The molecule has 0 spiro atoms. The van der Waals surface area contributed by atoms with E-state index in [4.69, 9.17) is 0 Å². The molecule has 6 nitrogen and oxygen atoms in total. The van der Waals surface area contributed by atoms with E-state index in [0.29, 0.717) is 12.5 Å². The average molecular weight is 347 g/mol. The van der Waals surface area contributed by atoms with Gasteiger partial charge in [0.1, 0.15) is 0 Å². The lowest BCUT2D eigenvalue weighted by molar-refractivity contribution is 0.180. The number of carbonyl (C=O) groups is 1. The summed E-state index contributed by atoms with van der Waals surface area (Å²) in [5, 5.41) is 8.38. The molecule has 0 atom stereocenters. The maximum absolute atomic E-state index is 12.3. The Morgan fingerprint density at radius 2 is 2.12 bits per heavy atom. The summed E-state index contributed by atoms with van der Waals surface area (Å²) in [4.78, 5) is 19.9. The number of urea groups is 1. The van der Waals surface area contributed by atoms with Gasteiger partial charge in [0, 0.05) is 55.8 Å². The number of thiazole rings is 1. The van der Waals surface area contributed by atoms with Gasteiger partial charge in [0.15, 0.2) is 0 Å². The van der Waals surface area contributed by atoms with Crippen LogP contribution in [-0.2, 0) is 13.5 Å². The molecule has 0 aromatic carbocycles. The lowest BCUT2D eigenvalue weighted by atomic mass is 9.93. The Hall–Kier alpha value is -1.89. The quantitative estimate of drug-likeness (QED) is 0.925. The SMILES string of the molecule is Cc1nc(C)c(CCNC(=O)N2CCC(c3ccnn3C)CC2)s1. The van der Waals surface area contributed by atoms with Crippen LogP contribution in [0.3, 0.4) is 0 Å². The average Bonchev–Trinajstić information content (AvgIpc) is 3.13. The summed E-state index contributed by atoms with van der Waals surface area (Å²) in [6, 6.07) is 2.14. The second kappa shape index (κ2) is 7.34. The first kappa shape index (κ1) is 17.0. The number of hydrogen-bond acceptors (Lipinski definition) is 4. The van der Waals surface area contributed by atoms with E-state index in [-0.39, 0.29) is 6.03 Å². The van der Waals surface area contributed by atoms with Gasteiger partial charge in [-0.25, -0.2) is 9.78 Å². The molecular formula is C17H25N5OS. The molecule has 130 valence electrons. The van der Waals surface area contributed by atoms with Crippen LogP contribution in [0.25, 0.3) is 0 Å². The van der Waals surface area contributed by atoms with Crippen molar-refractivity contribution >= 4 is 17.4 Å². The zero-order valence-electron chi connectivity index (χ0n) is 14.6. The van der Waals surface area contributed by atoms with Crippen LogP contribution >= 0.6 is 11.3 Å². The zero-order chi connectivity index (χ0) is 17.1. The predicted octanol–water partition coefficient (Wildman–Crippen LogP) is 2.63. The number of aromatic nitrogens is 3. The molecule has 2 aromatic rings. The third-order valence-electron chi connectivity index (χ3n) is 4.69. The van der Waals surface area contributed by atoms with Crippen LogP contribution in [-0.4, -0.2) is 45.3 Å². The van der Waals surface area contributed by atoms with Gasteiger partial charge in [-0.15, -0.1) is 11.3 Å². The topological polar surface area (TPSA) is 63.1 Å². The predicted molar refractivity (Wildman–Crippen MR) is 95.4 cm³/mol. The minimum atomic E-state index is 0.0531. The molecule has 2 aromatic heterocycles. The maximum atomic E-state index is 12.3. The monoisotopic (exact) mass is 347 g/mol. The van der Waals surface area contributed by atoms with Crippen molar-refractivity contribution in [1.29, 1.82) is 0 Å². The van der Waals surface area contributed by atoms with Gasteiger partial charge in [-0.2, -0.15) is 5.10 Å². The Balaban J connectivity index is 1.44. The molecule has 2 amide bonds. The molecule has 1 aliphatic heterocycles. The Bertz CT molecular complexity index is 700. The van der Waals surface area contributed by atoms with E-state index in [1.54, 1.807) is 11.3 Å². The Morgan fingerprint density at radius 3 is 2.71 bits per heavy atom. The van der Waals surface area contributed by atoms with Crippen molar-refractivity contribution in [2.24, 2.45) is 7.05 Å². The van der Waals surface area contributed by atoms with E-state index in [9.17, 15) is 4.79 Å². The van der Waals surface area contributed by atoms with Gasteiger partial charge < -0.3 is 10.2 Å². The highest BCUT2D eigenvalue weighted by Gasteiger charge is 2.25. The van der Waals surface area contributed by atoms with E-state index in [0.717, 1.165) is 43.1 Å². The number of nitrogens with one attached hydrogen (secondary N) is 1. The normalized spacial score (nSPS) is 15.7. The third kappa shape index (κ3) is 3.77. The summed E-state index contributed by atoms with van der Waals surface area (Å²) in [6.07, 6.45) is 4.70. The molecule has 3 heterocycles. The first-order valence-electron chi connectivity index (χ1n) is 8.48. The molecule has 0 radical (unpaired) electrons. The Morgan fingerprint density at radius 1 is 1.38 bits per heavy atom. The Labute approximate surface area is 146 Å². The number of likely N-dealkylation sites (tertiary alicyclic amines) is 1. The lowest BCUT2D eigenvalue weighted by Crippen LogP contribution is -2.44. The number of carbonyl (C=O) groups excluding carboxylic acids is 1. The summed E-state index contributed by atoms with van der Waals surface area (Å²) >= 11 is 1.72. The smallest absolute Gasteiger partial charge is 0.317 e. The van der Waals surface area contributed by atoms with E-state index < -0.39 is 0 Å². The molecular weight excluding hydrogens is 322 g/mol. The van der Waals surface area contributed by atoms with Crippen molar-refractivity contribution in [3.63, 3.8) is 0 Å². The largest absolute Gasteiger partial charge is 0.338 e. The minimum absolute atomic E-state index is 0.0531. The molecule has 0 unspecified atom stereocenters. The van der Waals surface area contributed by atoms with Crippen LogP contribution in [0.2, 0.25) is 0 Å². The van der Waals surface area contributed by atoms with Crippen molar-refractivity contribution in [2.45, 2.75) is 39.0 Å². The highest BCUT2D eigenvalue weighted by atomic mass is 32.1. The van der Waals surface area contributed by atoms with Crippen molar-refractivity contribution < 1.29 is 4.79 Å². The van der Waals surface area contributed by atoms with Crippen molar-refractivity contribution in [2.75, 3.05) is 19.6 Å². The molecule has 1 aliphatic rings. The lowest BCUT2D eigenvalue weighted by Gasteiger charge is -2.32. The first-order valence-corrected chi connectivity index (χ1v) is 9.30. The van der Waals surface area contributed by atoms with E-state index in [1.807, 2.05) is 36.7 Å². The molecule has 24 heavy (non-hydrogen) atoms. The second-order valence-corrected chi connectivity index (χ2v) is 7.65. The van der Waals surface area contributed by atoms with Crippen LogP contribution in [0.5, 0.6) is 0 Å². The van der Waals surface area contributed by atoms with Gasteiger partial charge in [-0.1, -0.05) is 0 Å². The van der Waals surface area contributed by atoms with Crippen LogP contribution in [0.1, 0.15) is 40.0 Å². The van der Waals surface area contributed by atoms with Crippen molar-refractivity contribution in [3.8, 4) is 0 Å². The van der Waals surface area contributed by atoms with E-state index in [2.05, 4.69) is 21.5 Å². The molecule has 7 heteroatoms. The number of aryl methyl sites for hydroxylation is 3. The molecule has 3 rings (SSSR count). The molecule has 0 saturated carbocycles. The van der Waals surface area contributed by atoms with E-state index in [1.165, 1.54) is 10.6 Å². The fourth-order valence-corrected chi connectivity index (χ4v) is 4.30. The fourth-order valence-electron chi connectivity index (χ4n) is 3.36. The molecule has 1 saturated heterocycles. The van der Waals surface area contributed by atoms with Gasteiger partial charge in [-0.3, -0.25) is 4.68 Å². The maximum Gasteiger partial charge on any atom is 0.317 e. The fraction of sp³-hybridized carbons (Fsp3) is 0.588. The summed E-state index contributed by atoms with van der Waals surface area (Å²) in [5.74, 6) is 0.504. The number of amides is 2. The minimum Gasteiger partial charge on any atom is -0.338 e. The highest BCUT2D eigenvalue weighted by molar-refractivity contribution is 7.11. The molecule has 1 fully saturated rings. The second-order valence-electron chi connectivity index (χ2n) is 6.36. The van der Waals surface area contributed by atoms with Crippen molar-refractivity contribution in [1.82, 2.24) is 25.0 Å². The van der Waals surface area contributed by atoms with Crippen molar-refractivity contribution in [3.05, 3.63) is 33.5 Å². The van der Waals surface area contributed by atoms with Gasteiger partial charge in [0.2, 0.25) is 0 Å². The standard InChI is InChI=1S/C17H25N5OS/c1-12-16(24-13(2)20-12)5-8-18-17(23)22-10-6-14(7-11-22)15-4-9-19-21(15)3/h4,9,14H,5-8,10-11H2,1-3H3,(H,18,23). The third-order valence-corrected chi connectivity index (χ3v) is 5.82. The van der Waals surface area contributed by atoms with Gasteiger partial charge in [0.25, 0.3) is 0 Å². The van der Waals surface area contributed by atoms with E-state index >= 15 is 0 Å². The zero-order valence-corrected chi connectivity index (χ0v) is 15.4. The first-order chi connectivity index (χ1) is 11.5. The number of piperidine rings is 1. The molecule has 0 aliphatic carbocycles. The van der Waals surface area contributed by atoms with Crippen LogP contribution in [0.4, 0.5) is 4.79 Å². The van der Waals surface area contributed by atoms with Gasteiger partial charge in [-0.05, 0) is 32.8 Å². The summed E-state index contributed by atoms with van der Waals surface area (Å²) < 4.78 is 1.94. The molecule has 1 N–H and O–H groups in total. The summed E-state index contributed by atoms with van der Waals surface area (Å²) in [7, 11) is 1.98. The van der Waals surface area contributed by atoms with Gasteiger partial charge >= 0.3 is 6.03 Å². The summed E-state index contributed by atoms with van der Waals surface area (Å²) in [6.45, 7) is 6.33. The summed E-state index contributed by atoms with van der Waals surface area (Å²) in [5.41, 5.74) is 2.36. The Kier molecular flexibility index (Phi) is 5.18. The number of rotatable bonds is 4.